The largest absolute Gasteiger partial charge is 0.493 e. The number of hydrogen-bond donors (Lipinski definition) is 0. The third kappa shape index (κ3) is 2.16. The lowest BCUT2D eigenvalue weighted by atomic mass is 9.79. The molecular formula is C18H17NO. The zero-order chi connectivity index (χ0) is 14.0. The molecule has 0 spiro atoms. The number of benzene rings is 2. The van der Waals surface area contributed by atoms with Crippen LogP contribution in [0.3, 0.4) is 0 Å². The van der Waals surface area contributed by atoms with Gasteiger partial charge < -0.3 is 4.74 Å². The van der Waals surface area contributed by atoms with Crippen LogP contribution in [0.2, 0.25) is 0 Å². The Kier molecular flexibility index (Phi) is 3.20. The van der Waals surface area contributed by atoms with Crippen LogP contribution >= 0.6 is 0 Å². The Morgan fingerprint density at radius 3 is 2.65 bits per heavy atom. The minimum absolute atomic E-state index is 0.462. The number of ether oxygens (including phenoxy) is 1. The molecule has 0 saturated carbocycles. The normalized spacial score (nSPS) is 21.2. The highest BCUT2D eigenvalue weighted by atomic mass is 16.5. The summed E-state index contributed by atoms with van der Waals surface area (Å²) in [6, 6.07) is 18.9. The lowest BCUT2D eigenvalue weighted by Gasteiger charge is -2.21. The minimum atomic E-state index is -0.462. The Balaban J connectivity index is 2.14. The summed E-state index contributed by atoms with van der Waals surface area (Å²) < 4.78 is 5.79. The van der Waals surface area contributed by atoms with Crippen molar-refractivity contribution in [1.82, 2.24) is 0 Å². The van der Waals surface area contributed by atoms with Gasteiger partial charge in [-0.1, -0.05) is 36.4 Å². The van der Waals surface area contributed by atoms with Crippen molar-refractivity contribution in [2.75, 3.05) is 6.61 Å². The van der Waals surface area contributed by atoms with E-state index in [1.807, 2.05) is 31.2 Å². The standard InChI is InChI=1S/C18H17NO/c1-18(13-19)10-5-11-20-17-9-8-15(12-16(17)18)14-6-3-2-4-7-14/h2-4,6-9,12H,5,10-11H2,1H3. The fraction of sp³-hybridized carbons (Fsp3) is 0.278. The van der Waals surface area contributed by atoms with Gasteiger partial charge in [0, 0.05) is 5.56 Å². The average Bonchev–Trinajstić information content (AvgIpc) is 2.68. The van der Waals surface area contributed by atoms with E-state index in [0.717, 1.165) is 29.7 Å². The molecule has 1 atom stereocenters. The Labute approximate surface area is 119 Å². The first kappa shape index (κ1) is 12.7. The zero-order valence-electron chi connectivity index (χ0n) is 11.6. The zero-order valence-corrected chi connectivity index (χ0v) is 11.6. The molecule has 1 aliphatic heterocycles. The summed E-state index contributed by atoms with van der Waals surface area (Å²) >= 11 is 0. The molecule has 3 rings (SSSR count). The first-order valence-corrected chi connectivity index (χ1v) is 6.97. The average molecular weight is 263 g/mol. The molecule has 2 aromatic carbocycles. The van der Waals surface area contributed by atoms with Crippen molar-refractivity contribution in [1.29, 1.82) is 5.26 Å². The van der Waals surface area contributed by atoms with Crippen LogP contribution in [0.5, 0.6) is 5.75 Å². The lowest BCUT2D eigenvalue weighted by molar-refractivity contribution is 0.315. The van der Waals surface area contributed by atoms with E-state index in [4.69, 9.17) is 4.74 Å². The summed E-state index contributed by atoms with van der Waals surface area (Å²) in [5.74, 6) is 0.853. The molecule has 0 aliphatic carbocycles. The van der Waals surface area contributed by atoms with Crippen LogP contribution in [0.25, 0.3) is 11.1 Å². The highest BCUT2D eigenvalue weighted by Gasteiger charge is 2.32. The van der Waals surface area contributed by atoms with E-state index in [1.165, 1.54) is 5.56 Å². The lowest BCUT2D eigenvalue weighted by Crippen LogP contribution is -2.18. The predicted octanol–water partition coefficient (Wildman–Crippen LogP) is 4.31. The molecule has 0 saturated heterocycles. The molecular weight excluding hydrogens is 246 g/mol. The molecule has 0 N–H and O–H groups in total. The van der Waals surface area contributed by atoms with Crippen molar-refractivity contribution < 1.29 is 4.74 Å². The fourth-order valence-corrected chi connectivity index (χ4v) is 2.76. The molecule has 2 heteroatoms. The molecule has 1 unspecified atom stereocenters. The molecule has 0 aromatic heterocycles. The van der Waals surface area contributed by atoms with Crippen LogP contribution in [-0.4, -0.2) is 6.61 Å². The Morgan fingerprint density at radius 1 is 1.10 bits per heavy atom. The van der Waals surface area contributed by atoms with Crippen molar-refractivity contribution >= 4 is 0 Å². The second kappa shape index (κ2) is 5.02. The van der Waals surface area contributed by atoms with E-state index in [1.54, 1.807) is 0 Å². The molecule has 0 fully saturated rings. The predicted molar refractivity (Wildman–Crippen MR) is 79.6 cm³/mol. The summed E-state index contributed by atoms with van der Waals surface area (Å²) in [7, 11) is 0. The maximum Gasteiger partial charge on any atom is 0.124 e. The number of hydrogen-bond acceptors (Lipinski definition) is 2. The molecule has 2 aromatic rings. The summed E-state index contributed by atoms with van der Waals surface area (Å²) in [5.41, 5.74) is 2.85. The third-order valence-electron chi connectivity index (χ3n) is 4.01. The van der Waals surface area contributed by atoms with Gasteiger partial charge in [0.15, 0.2) is 0 Å². The fourth-order valence-electron chi connectivity index (χ4n) is 2.76. The Hall–Kier alpha value is -2.27. The number of rotatable bonds is 1. The molecule has 100 valence electrons. The molecule has 1 aliphatic rings. The molecule has 0 amide bonds. The van der Waals surface area contributed by atoms with Crippen molar-refractivity contribution in [2.45, 2.75) is 25.2 Å². The minimum Gasteiger partial charge on any atom is -0.493 e. The van der Waals surface area contributed by atoms with Gasteiger partial charge >= 0.3 is 0 Å². The van der Waals surface area contributed by atoms with Gasteiger partial charge in [-0.05, 0) is 43.0 Å². The SMILES string of the molecule is CC1(C#N)CCCOc2ccc(-c3ccccc3)cc21. The van der Waals surface area contributed by atoms with Gasteiger partial charge in [0.05, 0.1) is 18.1 Å². The van der Waals surface area contributed by atoms with Crippen LogP contribution in [0.1, 0.15) is 25.3 Å². The first-order chi connectivity index (χ1) is 9.73. The van der Waals surface area contributed by atoms with Crippen molar-refractivity contribution in [3.8, 4) is 22.9 Å². The van der Waals surface area contributed by atoms with Crippen molar-refractivity contribution in [3.63, 3.8) is 0 Å². The van der Waals surface area contributed by atoms with Crippen LogP contribution < -0.4 is 4.74 Å². The van der Waals surface area contributed by atoms with Gasteiger partial charge in [0.1, 0.15) is 5.75 Å². The van der Waals surface area contributed by atoms with Crippen LogP contribution in [0, 0.1) is 11.3 Å². The van der Waals surface area contributed by atoms with Gasteiger partial charge in [-0.25, -0.2) is 0 Å². The van der Waals surface area contributed by atoms with Gasteiger partial charge in [-0.15, -0.1) is 0 Å². The number of nitrogens with zero attached hydrogens (tertiary/aromatic N) is 1. The summed E-state index contributed by atoms with van der Waals surface area (Å²) in [6.07, 6.45) is 1.76. The summed E-state index contributed by atoms with van der Waals surface area (Å²) in [5, 5.41) is 9.58. The highest BCUT2D eigenvalue weighted by Crippen LogP contribution is 2.39. The number of nitriles is 1. The van der Waals surface area contributed by atoms with E-state index < -0.39 is 5.41 Å². The summed E-state index contributed by atoms with van der Waals surface area (Å²) in [6.45, 7) is 2.70. The van der Waals surface area contributed by atoms with Crippen LogP contribution in [-0.2, 0) is 5.41 Å². The van der Waals surface area contributed by atoms with Gasteiger partial charge in [-0.2, -0.15) is 5.26 Å². The molecule has 0 bridgehead atoms. The van der Waals surface area contributed by atoms with E-state index in [9.17, 15) is 5.26 Å². The van der Waals surface area contributed by atoms with E-state index >= 15 is 0 Å². The monoisotopic (exact) mass is 263 g/mol. The quantitative estimate of drug-likeness (QED) is 0.768. The molecule has 1 heterocycles. The van der Waals surface area contributed by atoms with Crippen molar-refractivity contribution in [2.24, 2.45) is 0 Å². The second-order valence-electron chi connectivity index (χ2n) is 5.47. The second-order valence-corrected chi connectivity index (χ2v) is 5.47. The topological polar surface area (TPSA) is 33.0 Å². The van der Waals surface area contributed by atoms with E-state index in [2.05, 4.69) is 30.3 Å². The number of fused-ring (bicyclic) bond motifs is 1. The van der Waals surface area contributed by atoms with Crippen molar-refractivity contribution in [3.05, 3.63) is 54.1 Å². The molecule has 2 nitrogen and oxygen atoms in total. The first-order valence-electron chi connectivity index (χ1n) is 6.97. The Bertz CT molecular complexity index is 657. The van der Waals surface area contributed by atoms with Gasteiger partial charge in [0.25, 0.3) is 0 Å². The van der Waals surface area contributed by atoms with Crippen LogP contribution in [0.15, 0.2) is 48.5 Å². The van der Waals surface area contributed by atoms with E-state index in [0.29, 0.717) is 6.61 Å². The van der Waals surface area contributed by atoms with Crippen LogP contribution in [0.4, 0.5) is 0 Å². The Morgan fingerprint density at radius 2 is 1.90 bits per heavy atom. The molecule has 0 radical (unpaired) electrons. The smallest absolute Gasteiger partial charge is 0.124 e. The highest BCUT2D eigenvalue weighted by molar-refractivity contribution is 5.67. The third-order valence-corrected chi connectivity index (χ3v) is 4.01. The van der Waals surface area contributed by atoms with Gasteiger partial charge in [0.2, 0.25) is 0 Å². The van der Waals surface area contributed by atoms with Gasteiger partial charge in [-0.3, -0.25) is 0 Å². The molecule has 20 heavy (non-hydrogen) atoms. The maximum absolute atomic E-state index is 9.58. The van der Waals surface area contributed by atoms with E-state index in [-0.39, 0.29) is 0 Å². The maximum atomic E-state index is 9.58. The summed E-state index contributed by atoms with van der Waals surface area (Å²) in [4.78, 5) is 0.